The van der Waals surface area contributed by atoms with Gasteiger partial charge >= 0.3 is 0 Å². The van der Waals surface area contributed by atoms with Crippen LogP contribution in [0.5, 0.6) is 0 Å². The second-order valence-electron chi connectivity index (χ2n) is 9.25. The summed E-state index contributed by atoms with van der Waals surface area (Å²) in [6.07, 6.45) is 1.66. The second kappa shape index (κ2) is 9.59. The molecule has 0 saturated carbocycles. The van der Waals surface area contributed by atoms with Crippen LogP contribution in [0.3, 0.4) is 0 Å². The Morgan fingerprint density at radius 1 is 1.25 bits per heavy atom. The van der Waals surface area contributed by atoms with Crippen molar-refractivity contribution in [1.29, 1.82) is 0 Å². The number of hydrogen-bond acceptors (Lipinski definition) is 9. The fraction of sp³-hybridized carbons (Fsp3) is 0.524. The average Bonchev–Trinajstić information content (AvgIpc) is 3.46. The molecule has 0 aliphatic carbocycles. The molecule has 0 radical (unpaired) electrons. The maximum absolute atomic E-state index is 13.7. The Labute approximate surface area is 219 Å². The lowest BCUT2D eigenvalue weighted by molar-refractivity contribution is -0.134. The van der Waals surface area contributed by atoms with Crippen LogP contribution in [0.2, 0.25) is 0 Å². The standard InChI is InChI=1S/C21H25BrFN7O4S2/c1-13(2)18(31)29-5-3-28(4-6-29)16-7-14(36(32,33)27-21(10-23)11-34-12-21)8-17-15(16)9-24-30(17)20-26-25-19(22)35-20/h7-9,13,27H,3-6,10-12H2,1-2H3. The van der Waals surface area contributed by atoms with E-state index in [1.54, 1.807) is 12.3 Å². The van der Waals surface area contributed by atoms with Gasteiger partial charge in [-0.2, -0.15) is 9.82 Å². The zero-order chi connectivity index (χ0) is 25.7. The van der Waals surface area contributed by atoms with Gasteiger partial charge in [-0.1, -0.05) is 25.2 Å². The number of carbonyl (C=O) groups excluding carboxylic acids is 1. The van der Waals surface area contributed by atoms with Gasteiger partial charge in [-0.05, 0) is 28.1 Å². The minimum atomic E-state index is -4.09. The minimum absolute atomic E-state index is 0.0178. The highest BCUT2D eigenvalue weighted by Crippen LogP contribution is 2.34. The zero-order valence-electron chi connectivity index (χ0n) is 19.6. The first-order valence-electron chi connectivity index (χ1n) is 11.3. The molecule has 4 heterocycles. The van der Waals surface area contributed by atoms with E-state index in [2.05, 4.69) is 35.9 Å². The van der Waals surface area contributed by atoms with E-state index >= 15 is 0 Å². The number of hydrogen-bond donors (Lipinski definition) is 1. The van der Waals surface area contributed by atoms with Crippen LogP contribution in [0.15, 0.2) is 27.1 Å². The Bertz CT molecular complexity index is 1390. The highest BCUT2D eigenvalue weighted by atomic mass is 79.9. The van der Waals surface area contributed by atoms with Gasteiger partial charge in [-0.25, -0.2) is 17.5 Å². The van der Waals surface area contributed by atoms with Crippen molar-refractivity contribution >= 4 is 59.8 Å². The van der Waals surface area contributed by atoms with Crippen molar-refractivity contribution in [3.63, 3.8) is 0 Å². The van der Waals surface area contributed by atoms with Crippen molar-refractivity contribution in [3.8, 4) is 5.13 Å². The van der Waals surface area contributed by atoms with Gasteiger partial charge in [-0.15, -0.1) is 10.2 Å². The van der Waals surface area contributed by atoms with Gasteiger partial charge in [0.15, 0.2) is 3.92 Å². The number of aromatic nitrogens is 4. The van der Waals surface area contributed by atoms with Crippen LogP contribution in [-0.4, -0.2) is 90.8 Å². The first-order chi connectivity index (χ1) is 17.1. The Kier molecular flexibility index (Phi) is 6.78. The number of fused-ring (bicyclic) bond motifs is 1. The van der Waals surface area contributed by atoms with Crippen LogP contribution in [0.4, 0.5) is 10.1 Å². The monoisotopic (exact) mass is 601 g/mol. The SMILES string of the molecule is CC(C)C(=O)N1CCN(c2cc(S(=O)(=O)NC3(CF)COC3)cc3c2cnn3-c2nnc(Br)s2)CC1. The van der Waals surface area contributed by atoms with Gasteiger partial charge in [0.05, 0.1) is 29.8 Å². The summed E-state index contributed by atoms with van der Waals surface area (Å²) in [6, 6.07) is 3.09. The maximum Gasteiger partial charge on any atom is 0.241 e. The van der Waals surface area contributed by atoms with Crippen molar-refractivity contribution in [2.75, 3.05) is 51.0 Å². The van der Waals surface area contributed by atoms with Crippen LogP contribution in [0.25, 0.3) is 16.0 Å². The largest absolute Gasteiger partial charge is 0.377 e. The fourth-order valence-corrected chi connectivity index (χ4v) is 6.78. The predicted molar refractivity (Wildman–Crippen MR) is 136 cm³/mol. The molecule has 0 unspecified atom stereocenters. The van der Waals surface area contributed by atoms with Crippen molar-refractivity contribution in [3.05, 3.63) is 22.2 Å². The molecule has 2 saturated heterocycles. The molecule has 1 amide bonds. The molecule has 0 bridgehead atoms. The van der Waals surface area contributed by atoms with E-state index in [4.69, 9.17) is 4.74 Å². The number of rotatable bonds is 7. The van der Waals surface area contributed by atoms with E-state index in [0.717, 1.165) is 5.39 Å². The molecule has 3 aromatic rings. The number of amides is 1. The van der Waals surface area contributed by atoms with Crippen LogP contribution < -0.4 is 9.62 Å². The first kappa shape index (κ1) is 25.4. The summed E-state index contributed by atoms with van der Waals surface area (Å²) < 4.78 is 50.2. The lowest BCUT2D eigenvalue weighted by Gasteiger charge is -2.39. The number of sulfonamides is 1. The minimum Gasteiger partial charge on any atom is -0.377 e. The van der Waals surface area contributed by atoms with E-state index in [-0.39, 0.29) is 29.9 Å². The summed E-state index contributed by atoms with van der Waals surface area (Å²) in [5.41, 5.74) is -0.0731. The van der Waals surface area contributed by atoms with E-state index < -0.39 is 22.2 Å². The van der Waals surface area contributed by atoms with Crippen LogP contribution >= 0.6 is 27.3 Å². The predicted octanol–water partition coefficient (Wildman–Crippen LogP) is 1.96. The summed E-state index contributed by atoms with van der Waals surface area (Å²) in [4.78, 5) is 16.3. The molecule has 2 aromatic heterocycles. The van der Waals surface area contributed by atoms with Crippen LogP contribution in [0.1, 0.15) is 13.8 Å². The lowest BCUT2D eigenvalue weighted by Crippen LogP contribution is -2.63. The molecule has 15 heteroatoms. The number of benzene rings is 1. The number of piperazine rings is 1. The molecular formula is C21H25BrFN7O4S2. The zero-order valence-corrected chi connectivity index (χ0v) is 22.9. The normalized spacial score (nSPS) is 18.1. The smallest absolute Gasteiger partial charge is 0.241 e. The molecular weight excluding hydrogens is 577 g/mol. The van der Waals surface area contributed by atoms with Crippen molar-refractivity contribution in [2.24, 2.45) is 5.92 Å². The van der Waals surface area contributed by atoms with Crippen molar-refractivity contribution < 1.29 is 22.3 Å². The maximum atomic E-state index is 13.7. The molecule has 2 aliphatic rings. The Morgan fingerprint density at radius 2 is 1.97 bits per heavy atom. The molecule has 194 valence electrons. The molecule has 36 heavy (non-hydrogen) atoms. The quantitative estimate of drug-likeness (QED) is 0.436. The molecule has 2 aliphatic heterocycles. The van der Waals surface area contributed by atoms with E-state index in [0.29, 0.717) is 46.4 Å². The van der Waals surface area contributed by atoms with Crippen molar-refractivity contribution in [1.82, 2.24) is 29.6 Å². The van der Waals surface area contributed by atoms with Gasteiger partial charge in [0, 0.05) is 43.2 Å². The lowest BCUT2D eigenvalue weighted by atomic mass is 10.0. The Morgan fingerprint density at radius 3 is 2.53 bits per heavy atom. The van der Waals surface area contributed by atoms with Gasteiger partial charge in [0.1, 0.15) is 12.2 Å². The molecule has 0 spiro atoms. The van der Waals surface area contributed by atoms with Gasteiger partial charge < -0.3 is 14.5 Å². The number of carbonyl (C=O) groups is 1. The molecule has 1 N–H and O–H groups in total. The fourth-order valence-electron chi connectivity index (χ4n) is 4.32. The highest BCUT2D eigenvalue weighted by Gasteiger charge is 2.43. The Balaban J connectivity index is 1.56. The van der Waals surface area contributed by atoms with E-state index in [9.17, 15) is 17.6 Å². The summed E-state index contributed by atoms with van der Waals surface area (Å²) in [7, 11) is -4.09. The molecule has 11 nitrogen and oxygen atoms in total. The van der Waals surface area contributed by atoms with Crippen LogP contribution in [0, 0.1) is 5.92 Å². The number of alkyl halides is 1. The third-order valence-corrected chi connectivity index (χ3v) is 9.20. The average molecular weight is 603 g/mol. The number of ether oxygens (including phenoxy) is 1. The molecule has 2 fully saturated rings. The Hall–Kier alpha value is -2.20. The number of nitrogens with one attached hydrogen (secondary N) is 1. The van der Waals surface area contributed by atoms with Crippen molar-refractivity contribution in [2.45, 2.75) is 24.3 Å². The summed E-state index contributed by atoms with van der Waals surface area (Å²) >= 11 is 4.55. The molecule has 5 rings (SSSR count). The van der Waals surface area contributed by atoms with Gasteiger partial charge in [-0.3, -0.25) is 4.79 Å². The highest BCUT2D eigenvalue weighted by molar-refractivity contribution is 9.11. The van der Waals surface area contributed by atoms with Gasteiger partial charge in [0.25, 0.3) is 0 Å². The molecule has 1 aromatic carbocycles. The number of anilines is 1. The topological polar surface area (TPSA) is 123 Å². The molecule has 0 atom stereocenters. The van der Waals surface area contributed by atoms with Crippen LogP contribution in [-0.2, 0) is 19.6 Å². The second-order valence-corrected chi connectivity index (χ2v) is 13.2. The number of nitrogens with zero attached hydrogens (tertiary/aromatic N) is 6. The number of halogens is 2. The first-order valence-corrected chi connectivity index (χ1v) is 14.4. The summed E-state index contributed by atoms with van der Waals surface area (Å²) in [6.45, 7) is 4.92. The van der Waals surface area contributed by atoms with E-state index in [1.807, 2.05) is 23.6 Å². The van der Waals surface area contributed by atoms with Gasteiger partial charge in [0.2, 0.25) is 21.1 Å². The third kappa shape index (κ3) is 4.62. The van der Waals surface area contributed by atoms with E-state index in [1.165, 1.54) is 22.1 Å². The summed E-state index contributed by atoms with van der Waals surface area (Å²) in [5, 5.41) is 13.7. The third-order valence-electron chi connectivity index (χ3n) is 6.31. The summed E-state index contributed by atoms with van der Waals surface area (Å²) in [5.74, 6) is -0.000182.